The van der Waals surface area contributed by atoms with E-state index in [1.165, 1.54) is 4.90 Å². The van der Waals surface area contributed by atoms with Gasteiger partial charge in [-0.1, -0.05) is 24.3 Å². The van der Waals surface area contributed by atoms with Crippen molar-refractivity contribution in [2.75, 3.05) is 11.4 Å². The van der Waals surface area contributed by atoms with Crippen LogP contribution in [0.25, 0.3) is 0 Å². The summed E-state index contributed by atoms with van der Waals surface area (Å²) >= 11 is 0. The number of para-hydroxylation sites is 1. The van der Waals surface area contributed by atoms with Gasteiger partial charge in [0, 0.05) is 24.7 Å². The van der Waals surface area contributed by atoms with Crippen molar-refractivity contribution in [3.63, 3.8) is 0 Å². The lowest BCUT2D eigenvalue weighted by Crippen LogP contribution is -2.26. The number of hydrogen-bond acceptors (Lipinski definition) is 3. The zero-order valence-corrected chi connectivity index (χ0v) is 10.8. The first-order valence-corrected chi connectivity index (χ1v) is 6.42. The summed E-state index contributed by atoms with van der Waals surface area (Å²) in [7, 11) is 0. The second-order valence-corrected chi connectivity index (χ2v) is 4.54. The molecule has 0 aromatic heterocycles. The van der Waals surface area contributed by atoms with Gasteiger partial charge in [-0.05, 0) is 24.3 Å². The molecular weight excluding hydrogens is 254 g/mol. The Morgan fingerprint density at radius 2 is 1.65 bits per heavy atom. The SMILES string of the molecule is O=C1CCN(c2cccc(Oc3ccccc3)c2)C1=O. The number of ether oxygens (including phenoxy) is 1. The number of ketones is 1. The summed E-state index contributed by atoms with van der Waals surface area (Å²) in [5.74, 6) is 0.593. The lowest BCUT2D eigenvalue weighted by Gasteiger charge is -2.15. The smallest absolute Gasteiger partial charge is 0.294 e. The molecule has 0 atom stereocenters. The highest BCUT2D eigenvalue weighted by molar-refractivity contribution is 6.43. The predicted octanol–water partition coefficient (Wildman–Crippen LogP) is 2.78. The molecule has 1 fully saturated rings. The molecule has 4 heteroatoms. The van der Waals surface area contributed by atoms with Crippen LogP contribution in [0.5, 0.6) is 11.5 Å². The van der Waals surface area contributed by atoms with Gasteiger partial charge in [-0.15, -0.1) is 0 Å². The standard InChI is InChI=1S/C16H13NO3/c18-15-9-10-17(16(15)19)12-5-4-8-14(11-12)20-13-6-2-1-3-7-13/h1-8,11H,9-10H2. The molecule has 0 bridgehead atoms. The molecule has 1 saturated heterocycles. The minimum absolute atomic E-state index is 0.280. The molecule has 100 valence electrons. The molecule has 1 amide bonds. The first kappa shape index (κ1) is 12.4. The third-order valence-electron chi connectivity index (χ3n) is 3.15. The van der Waals surface area contributed by atoms with Crippen molar-refractivity contribution >= 4 is 17.4 Å². The third-order valence-corrected chi connectivity index (χ3v) is 3.15. The third kappa shape index (κ3) is 2.40. The average molecular weight is 267 g/mol. The van der Waals surface area contributed by atoms with Crippen LogP contribution in [0.4, 0.5) is 5.69 Å². The minimum Gasteiger partial charge on any atom is -0.457 e. The second kappa shape index (κ2) is 5.17. The van der Waals surface area contributed by atoms with Crippen molar-refractivity contribution in [3.05, 3.63) is 54.6 Å². The van der Waals surface area contributed by atoms with Crippen LogP contribution in [0.3, 0.4) is 0 Å². The van der Waals surface area contributed by atoms with Gasteiger partial charge in [-0.3, -0.25) is 9.59 Å². The van der Waals surface area contributed by atoms with Gasteiger partial charge in [0.15, 0.2) is 0 Å². The largest absolute Gasteiger partial charge is 0.457 e. The van der Waals surface area contributed by atoms with Crippen LogP contribution in [0.15, 0.2) is 54.6 Å². The molecule has 0 radical (unpaired) electrons. The molecule has 20 heavy (non-hydrogen) atoms. The zero-order chi connectivity index (χ0) is 13.9. The number of carbonyl (C=O) groups excluding carboxylic acids is 2. The molecule has 2 aromatic carbocycles. The number of rotatable bonds is 3. The number of Topliss-reactive ketones (excluding diaryl/α,β-unsaturated/α-hetero) is 1. The van der Waals surface area contributed by atoms with Crippen LogP contribution in [0.1, 0.15) is 6.42 Å². The minimum atomic E-state index is -0.443. The van der Waals surface area contributed by atoms with E-state index in [1.54, 1.807) is 12.1 Å². The maximum Gasteiger partial charge on any atom is 0.294 e. The second-order valence-electron chi connectivity index (χ2n) is 4.54. The molecular formula is C16H13NO3. The van der Waals surface area contributed by atoms with Gasteiger partial charge in [0.05, 0.1) is 0 Å². The molecule has 0 N–H and O–H groups in total. The zero-order valence-electron chi connectivity index (χ0n) is 10.8. The van der Waals surface area contributed by atoms with Gasteiger partial charge >= 0.3 is 0 Å². The highest BCUT2D eigenvalue weighted by Crippen LogP contribution is 2.27. The van der Waals surface area contributed by atoms with Crippen LogP contribution in [0.2, 0.25) is 0 Å². The predicted molar refractivity (Wildman–Crippen MR) is 74.9 cm³/mol. The maximum absolute atomic E-state index is 11.7. The normalized spacial score (nSPS) is 14.7. The Labute approximate surface area is 116 Å². The number of hydrogen-bond donors (Lipinski definition) is 0. The highest BCUT2D eigenvalue weighted by atomic mass is 16.5. The summed E-state index contributed by atoms with van der Waals surface area (Å²) in [6.45, 7) is 0.437. The molecule has 0 spiro atoms. The van der Waals surface area contributed by atoms with E-state index >= 15 is 0 Å². The Morgan fingerprint density at radius 3 is 2.35 bits per heavy atom. The molecule has 4 nitrogen and oxygen atoms in total. The Bertz CT molecular complexity index is 652. The number of nitrogens with zero attached hydrogens (tertiary/aromatic N) is 1. The summed E-state index contributed by atoms with van der Waals surface area (Å²) in [4.78, 5) is 24.5. The fraction of sp³-hybridized carbons (Fsp3) is 0.125. The Kier molecular flexibility index (Phi) is 3.21. The van der Waals surface area contributed by atoms with Crippen molar-refractivity contribution in [2.45, 2.75) is 6.42 Å². The Morgan fingerprint density at radius 1 is 0.900 bits per heavy atom. The van der Waals surface area contributed by atoms with E-state index in [-0.39, 0.29) is 12.2 Å². The van der Waals surface area contributed by atoms with Gasteiger partial charge in [0.2, 0.25) is 5.78 Å². The molecule has 1 aliphatic rings. The Balaban J connectivity index is 1.83. The molecule has 0 aliphatic carbocycles. The van der Waals surface area contributed by atoms with Gasteiger partial charge in [-0.2, -0.15) is 0 Å². The van der Waals surface area contributed by atoms with Crippen molar-refractivity contribution in [1.29, 1.82) is 0 Å². The molecule has 1 aliphatic heterocycles. The van der Waals surface area contributed by atoms with E-state index in [1.807, 2.05) is 42.5 Å². The molecule has 0 saturated carbocycles. The number of amides is 1. The fourth-order valence-electron chi connectivity index (χ4n) is 2.16. The first-order chi connectivity index (χ1) is 9.74. The Hall–Kier alpha value is -2.62. The number of benzene rings is 2. The van der Waals surface area contributed by atoms with E-state index in [0.717, 1.165) is 5.75 Å². The molecule has 1 heterocycles. The van der Waals surface area contributed by atoms with Gasteiger partial charge in [-0.25, -0.2) is 0 Å². The molecule has 3 rings (SSSR count). The molecule has 2 aromatic rings. The average Bonchev–Trinajstić information content (AvgIpc) is 2.80. The molecule has 0 unspecified atom stereocenters. The van der Waals surface area contributed by atoms with Gasteiger partial charge in [0.25, 0.3) is 5.91 Å². The lowest BCUT2D eigenvalue weighted by molar-refractivity contribution is -0.133. The van der Waals surface area contributed by atoms with Crippen molar-refractivity contribution in [1.82, 2.24) is 0 Å². The summed E-state index contributed by atoms with van der Waals surface area (Å²) in [5.41, 5.74) is 0.689. The van der Waals surface area contributed by atoms with E-state index in [4.69, 9.17) is 4.74 Å². The van der Waals surface area contributed by atoms with Crippen LogP contribution in [-0.2, 0) is 9.59 Å². The van der Waals surface area contributed by atoms with Crippen molar-refractivity contribution < 1.29 is 14.3 Å². The maximum atomic E-state index is 11.7. The summed E-state index contributed by atoms with van der Waals surface area (Å²) < 4.78 is 5.72. The van der Waals surface area contributed by atoms with E-state index in [9.17, 15) is 9.59 Å². The topological polar surface area (TPSA) is 46.6 Å². The highest BCUT2D eigenvalue weighted by Gasteiger charge is 2.30. The van der Waals surface area contributed by atoms with Gasteiger partial charge < -0.3 is 9.64 Å². The van der Waals surface area contributed by atoms with E-state index in [2.05, 4.69) is 0 Å². The van der Waals surface area contributed by atoms with Crippen LogP contribution < -0.4 is 9.64 Å². The van der Waals surface area contributed by atoms with Crippen LogP contribution >= 0.6 is 0 Å². The fourth-order valence-corrected chi connectivity index (χ4v) is 2.16. The van der Waals surface area contributed by atoms with Crippen LogP contribution in [-0.4, -0.2) is 18.2 Å². The quantitative estimate of drug-likeness (QED) is 0.803. The van der Waals surface area contributed by atoms with E-state index < -0.39 is 5.91 Å². The van der Waals surface area contributed by atoms with E-state index in [0.29, 0.717) is 18.0 Å². The lowest BCUT2D eigenvalue weighted by atomic mass is 10.2. The number of anilines is 1. The number of carbonyl (C=O) groups is 2. The van der Waals surface area contributed by atoms with Gasteiger partial charge in [0.1, 0.15) is 11.5 Å². The monoisotopic (exact) mass is 267 g/mol. The summed E-state index contributed by atoms with van der Waals surface area (Å²) in [6.07, 6.45) is 0.280. The summed E-state index contributed by atoms with van der Waals surface area (Å²) in [5, 5.41) is 0. The van der Waals surface area contributed by atoms with Crippen molar-refractivity contribution in [3.8, 4) is 11.5 Å². The first-order valence-electron chi connectivity index (χ1n) is 6.42. The van der Waals surface area contributed by atoms with Crippen LogP contribution in [0, 0.1) is 0 Å². The summed E-state index contributed by atoms with van der Waals surface area (Å²) in [6, 6.07) is 16.6. The van der Waals surface area contributed by atoms with Crippen molar-refractivity contribution in [2.24, 2.45) is 0 Å².